The highest BCUT2D eigenvalue weighted by Crippen LogP contribution is 2.12. The van der Waals surface area contributed by atoms with E-state index in [1.807, 2.05) is 12.4 Å². The van der Waals surface area contributed by atoms with E-state index in [2.05, 4.69) is 24.1 Å². The minimum atomic E-state index is -0.424. The number of nitrogens with one attached hydrogen (secondary N) is 1. The van der Waals surface area contributed by atoms with Gasteiger partial charge in [0.25, 0.3) is 0 Å². The van der Waals surface area contributed by atoms with Crippen molar-refractivity contribution < 1.29 is 9.84 Å². The van der Waals surface area contributed by atoms with Gasteiger partial charge < -0.3 is 15.2 Å². The zero-order valence-corrected chi connectivity index (χ0v) is 13.7. The summed E-state index contributed by atoms with van der Waals surface area (Å²) in [5, 5.41) is 13.1. The largest absolute Gasteiger partial charge is 0.389 e. The molecule has 1 atom stereocenters. The fourth-order valence-corrected chi connectivity index (χ4v) is 2.80. The first kappa shape index (κ1) is 17.6. The third kappa shape index (κ3) is 6.79. The summed E-state index contributed by atoms with van der Waals surface area (Å²) >= 11 is 1.66. The Bertz CT molecular complexity index is 353. The standard InChI is InChI=1S/C15H28N2O2S/c1-4-13(5-2)8-16-9-14(18)10-19-7-6-15-12(3)17-11-20-15/h11,13-14,16,18H,4-10H2,1-3H3. The Kier molecular flexibility index (Phi) is 9.02. The van der Waals surface area contributed by atoms with Crippen LogP contribution in [0, 0.1) is 12.8 Å². The van der Waals surface area contributed by atoms with Gasteiger partial charge >= 0.3 is 0 Å². The maximum absolute atomic E-state index is 9.82. The van der Waals surface area contributed by atoms with Crippen molar-refractivity contribution in [2.45, 2.75) is 46.1 Å². The first-order chi connectivity index (χ1) is 9.67. The molecule has 2 N–H and O–H groups in total. The maximum atomic E-state index is 9.82. The van der Waals surface area contributed by atoms with E-state index in [-0.39, 0.29) is 0 Å². The van der Waals surface area contributed by atoms with E-state index in [4.69, 9.17) is 4.74 Å². The van der Waals surface area contributed by atoms with Gasteiger partial charge in [0, 0.05) is 17.8 Å². The maximum Gasteiger partial charge on any atom is 0.0897 e. The van der Waals surface area contributed by atoms with Crippen molar-refractivity contribution in [3.8, 4) is 0 Å². The molecule has 5 heteroatoms. The van der Waals surface area contributed by atoms with Gasteiger partial charge in [-0.3, -0.25) is 0 Å². The molecule has 0 aliphatic heterocycles. The fourth-order valence-electron chi connectivity index (χ4n) is 2.04. The molecule has 0 bridgehead atoms. The molecule has 1 rings (SSSR count). The molecule has 0 spiro atoms. The van der Waals surface area contributed by atoms with E-state index in [0.717, 1.165) is 18.7 Å². The van der Waals surface area contributed by atoms with Crippen LogP contribution in [0.1, 0.15) is 37.3 Å². The van der Waals surface area contributed by atoms with Crippen molar-refractivity contribution in [2.24, 2.45) is 5.92 Å². The lowest BCUT2D eigenvalue weighted by molar-refractivity contribution is 0.0380. The van der Waals surface area contributed by atoms with Crippen LogP contribution >= 0.6 is 11.3 Å². The molecule has 0 saturated heterocycles. The zero-order valence-electron chi connectivity index (χ0n) is 12.9. The number of hydrogen-bond donors (Lipinski definition) is 2. The second-order valence-electron chi connectivity index (χ2n) is 5.18. The summed E-state index contributed by atoms with van der Waals surface area (Å²) in [4.78, 5) is 5.48. The van der Waals surface area contributed by atoms with Crippen molar-refractivity contribution in [1.29, 1.82) is 0 Å². The van der Waals surface area contributed by atoms with Crippen molar-refractivity contribution in [3.05, 3.63) is 16.1 Å². The van der Waals surface area contributed by atoms with E-state index in [0.29, 0.717) is 25.7 Å². The van der Waals surface area contributed by atoms with Crippen LogP contribution in [0.4, 0.5) is 0 Å². The quantitative estimate of drug-likeness (QED) is 0.616. The molecule has 0 aromatic carbocycles. The average molecular weight is 300 g/mol. The van der Waals surface area contributed by atoms with Gasteiger partial charge in [-0.05, 0) is 19.4 Å². The predicted octanol–water partition coefficient (Wildman–Crippen LogP) is 2.40. The van der Waals surface area contributed by atoms with E-state index in [1.54, 1.807) is 11.3 Å². The van der Waals surface area contributed by atoms with Gasteiger partial charge in [-0.2, -0.15) is 0 Å². The van der Waals surface area contributed by atoms with Crippen LogP contribution in [0.2, 0.25) is 0 Å². The van der Waals surface area contributed by atoms with E-state index in [1.165, 1.54) is 17.7 Å². The van der Waals surface area contributed by atoms with Crippen molar-refractivity contribution in [2.75, 3.05) is 26.3 Å². The molecule has 1 aromatic heterocycles. The minimum absolute atomic E-state index is 0.397. The van der Waals surface area contributed by atoms with Gasteiger partial charge in [0.05, 0.1) is 30.5 Å². The normalized spacial score (nSPS) is 13.1. The minimum Gasteiger partial charge on any atom is -0.389 e. The van der Waals surface area contributed by atoms with E-state index >= 15 is 0 Å². The summed E-state index contributed by atoms with van der Waals surface area (Å²) in [6, 6.07) is 0. The molecule has 4 nitrogen and oxygen atoms in total. The van der Waals surface area contributed by atoms with Crippen molar-refractivity contribution in [3.63, 3.8) is 0 Å². The van der Waals surface area contributed by atoms with Gasteiger partial charge in [-0.1, -0.05) is 26.7 Å². The molecule has 20 heavy (non-hydrogen) atoms. The third-order valence-corrected chi connectivity index (χ3v) is 4.59. The lowest BCUT2D eigenvalue weighted by Crippen LogP contribution is -2.33. The number of ether oxygens (including phenoxy) is 1. The smallest absolute Gasteiger partial charge is 0.0897 e. The molecule has 0 radical (unpaired) electrons. The number of aryl methyl sites for hydroxylation is 1. The number of nitrogens with zero attached hydrogens (tertiary/aromatic N) is 1. The van der Waals surface area contributed by atoms with Crippen LogP contribution in [-0.2, 0) is 11.2 Å². The fraction of sp³-hybridized carbons (Fsp3) is 0.800. The molecule has 0 fully saturated rings. The highest BCUT2D eigenvalue weighted by atomic mass is 32.1. The van der Waals surface area contributed by atoms with Crippen LogP contribution in [0.3, 0.4) is 0 Å². The van der Waals surface area contributed by atoms with Gasteiger partial charge in [0.1, 0.15) is 0 Å². The molecule has 1 unspecified atom stereocenters. The van der Waals surface area contributed by atoms with Crippen LogP contribution in [0.25, 0.3) is 0 Å². The second-order valence-corrected chi connectivity index (χ2v) is 6.12. The molecule has 1 aromatic rings. The number of hydrogen-bond acceptors (Lipinski definition) is 5. The first-order valence-electron chi connectivity index (χ1n) is 7.52. The zero-order chi connectivity index (χ0) is 14.8. The molecular weight excluding hydrogens is 272 g/mol. The van der Waals surface area contributed by atoms with E-state index in [9.17, 15) is 5.11 Å². The molecule has 0 saturated carbocycles. The summed E-state index contributed by atoms with van der Waals surface area (Å²) in [6.45, 7) is 9.05. The SMILES string of the molecule is CCC(CC)CNCC(O)COCCc1scnc1C. The Morgan fingerprint density at radius 1 is 1.35 bits per heavy atom. The Balaban J connectivity index is 2.02. The first-order valence-corrected chi connectivity index (χ1v) is 8.40. The monoisotopic (exact) mass is 300 g/mol. The molecule has 0 aliphatic carbocycles. The molecular formula is C15H28N2O2S. The Morgan fingerprint density at radius 2 is 2.10 bits per heavy atom. The summed E-state index contributed by atoms with van der Waals surface area (Å²) < 4.78 is 5.52. The molecule has 116 valence electrons. The Labute approximate surface area is 126 Å². The van der Waals surface area contributed by atoms with Gasteiger partial charge in [0.2, 0.25) is 0 Å². The predicted molar refractivity (Wildman–Crippen MR) is 84.3 cm³/mol. The second kappa shape index (κ2) is 10.3. The third-order valence-electron chi connectivity index (χ3n) is 3.60. The molecule has 0 aliphatic rings. The van der Waals surface area contributed by atoms with Gasteiger partial charge in [-0.15, -0.1) is 11.3 Å². The highest BCUT2D eigenvalue weighted by molar-refractivity contribution is 7.09. The van der Waals surface area contributed by atoms with Crippen molar-refractivity contribution in [1.82, 2.24) is 10.3 Å². The lowest BCUT2D eigenvalue weighted by Gasteiger charge is -2.16. The molecule has 0 amide bonds. The van der Waals surface area contributed by atoms with Crippen LogP contribution in [0.15, 0.2) is 5.51 Å². The van der Waals surface area contributed by atoms with Gasteiger partial charge in [0.15, 0.2) is 0 Å². The number of thiazole rings is 1. The van der Waals surface area contributed by atoms with Crippen LogP contribution in [-0.4, -0.2) is 42.5 Å². The van der Waals surface area contributed by atoms with Gasteiger partial charge in [-0.25, -0.2) is 4.98 Å². The van der Waals surface area contributed by atoms with Crippen LogP contribution in [0.5, 0.6) is 0 Å². The topological polar surface area (TPSA) is 54.4 Å². The average Bonchev–Trinajstić information content (AvgIpc) is 2.85. The van der Waals surface area contributed by atoms with Crippen LogP contribution < -0.4 is 5.32 Å². The number of aliphatic hydroxyl groups is 1. The lowest BCUT2D eigenvalue weighted by atomic mass is 10.0. The number of aliphatic hydroxyl groups excluding tert-OH is 1. The molecule has 1 heterocycles. The van der Waals surface area contributed by atoms with Crippen molar-refractivity contribution >= 4 is 11.3 Å². The summed E-state index contributed by atoms with van der Waals surface area (Å²) in [7, 11) is 0. The number of aromatic nitrogens is 1. The number of rotatable bonds is 11. The summed E-state index contributed by atoms with van der Waals surface area (Å²) in [5.41, 5.74) is 2.95. The van der Waals surface area contributed by atoms with E-state index < -0.39 is 6.10 Å². The Morgan fingerprint density at radius 3 is 2.70 bits per heavy atom. The highest BCUT2D eigenvalue weighted by Gasteiger charge is 2.07. The Hall–Kier alpha value is -0.490. The summed E-state index contributed by atoms with van der Waals surface area (Å²) in [6.07, 6.45) is 2.82. The summed E-state index contributed by atoms with van der Waals surface area (Å²) in [5.74, 6) is 0.706.